The number of aryl methyl sites for hydroxylation is 2. The van der Waals surface area contributed by atoms with Crippen molar-refractivity contribution in [3.05, 3.63) is 29.3 Å². The molecule has 5 nitrogen and oxygen atoms in total. The Morgan fingerprint density at radius 3 is 2.34 bits per heavy atom. The van der Waals surface area contributed by atoms with E-state index in [1.165, 1.54) is 0 Å². The van der Waals surface area contributed by atoms with Crippen LogP contribution >= 0.6 is 0 Å². The van der Waals surface area contributed by atoms with Crippen LogP contribution in [0.15, 0.2) is 18.2 Å². The highest BCUT2D eigenvalue weighted by atomic mass is 19.3. The van der Waals surface area contributed by atoms with Gasteiger partial charge in [0.2, 0.25) is 11.8 Å². The number of amides is 2. The van der Waals surface area contributed by atoms with Gasteiger partial charge in [0.15, 0.2) is 0 Å². The minimum Gasteiger partial charge on any atom is -0.491 e. The van der Waals surface area contributed by atoms with Gasteiger partial charge in [0, 0.05) is 12.5 Å². The lowest BCUT2D eigenvalue weighted by Crippen LogP contribution is -2.73. The lowest BCUT2D eigenvalue weighted by atomic mass is 9.43. The molecular weight excluding hydrogens is 414 g/mol. The molecule has 0 unspecified atom stereocenters. The molecule has 7 heteroatoms. The van der Waals surface area contributed by atoms with Crippen molar-refractivity contribution in [1.82, 2.24) is 10.2 Å². The molecule has 2 aliphatic heterocycles. The van der Waals surface area contributed by atoms with Gasteiger partial charge in [-0.25, -0.2) is 8.78 Å². The number of halogens is 2. The standard InChI is InChI=1S/C25H32F2N2O3/c1-14-6-15(2)8-19(7-14)32-13-16(3)28-22(30)21-20-5-4-18(12-25(20,26)27)29(21)23(31)24-9-17(10-24)11-24/h6-8,16-18,20-21H,4-5,9-13H2,1-3H3,(H,28,30)/t16-,17?,18+,20-,21-,24?/m0/s1. The van der Waals surface area contributed by atoms with Crippen molar-refractivity contribution < 1.29 is 23.1 Å². The molecule has 1 aromatic carbocycles. The van der Waals surface area contributed by atoms with Gasteiger partial charge in [0.1, 0.15) is 18.4 Å². The SMILES string of the molecule is Cc1cc(C)cc(OC[C@H](C)NC(=O)[C@@H]2[C@@H]3CC[C@H](CC3(F)F)N2C(=O)C23CC(C2)C3)c1. The lowest BCUT2D eigenvalue weighted by molar-refractivity contribution is -0.215. The summed E-state index contributed by atoms with van der Waals surface area (Å²) >= 11 is 0. The molecule has 0 aromatic heterocycles. The molecule has 4 aliphatic carbocycles. The predicted molar refractivity (Wildman–Crippen MR) is 115 cm³/mol. The van der Waals surface area contributed by atoms with Crippen molar-refractivity contribution >= 4 is 11.8 Å². The van der Waals surface area contributed by atoms with Gasteiger partial charge < -0.3 is 15.0 Å². The van der Waals surface area contributed by atoms with Crippen molar-refractivity contribution in [3.63, 3.8) is 0 Å². The zero-order valence-corrected chi connectivity index (χ0v) is 19.0. The highest BCUT2D eigenvalue weighted by Crippen LogP contribution is 2.66. The molecule has 0 spiro atoms. The number of rotatable bonds is 6. The van der Waals surface area contributed by atoms with E-state index in [9.17, 15) is 18.4 Å². The molecule has 0 radical (unpaired) electrons. The number of nitrogens with zero attached hydrogens (tertiary/aromatic N) is 1. The van der Waals surface area contributed by atoms with E-state index in [0.717, 1.165) is 30.4 Å². The van der Waals surface area contributed by atoms with Crippen LogP contribution < -0.4 is 10.1 Å². The van der Waals surface area contributed by atoms with Gasteiger partial charge in [-0.05, 0) is 82.1 Å². The number of benzene rings is 1. The van der Waals surface area contributed by atoms with E-state index in [4.69, 9.17) is 4.74 Å². The Hall–Kier alpha value is -2.18. The third-order valence-electron chi connectivity index (χ3n) is 8.01. The highest BCUT2D eigenvalue weighted by molar-refractivity contribution is 5.93. The summed E-state index contributed by atoms with van der Waals surface area (Å²) in [5, 5.41) is 2.87. The Kier molecular flexibility index (Phi) is 5.02. The summed E-state index contributed by atoms with van der Waals surface area (Å²) in [5.41, 5.74) is 1.79. The molecular formula is C25H32F2N2O3. The summed E-state index contributed by atoms with van der Waals surface area (Å²) in [6.45, 7) is 6.00. The number of piperidine rings is 2. The second-order valence-corrected chi connectivity index (χ2v) is 10.8. The minimum absolute atomic E-state index is 0.0653. The molecule has 1 N–H and O–H groups in total. The second kappa shape index (κ2) is 7.42. The fourth-order valence-electron chi connectivity index (χ4n) is 6.42. The quantitative estimate of drug-likeness (QED) is 0.719. The van der Waals surface area contributed by atoms with Crippen LogP contribution in [0.5, 0.6) is 5.75 Å². The Bertz CT molecular complexity index is 912. The number of nitrogens with one attached hydrogen (secondary N) is 1. The third-order valence-corrected chi connectivity index (χ3v) is 8.01. The average molecular weight is 447 g/mol. The van der Waals surface area contributed by atoms with Gasteiger partial charge in [-0.15, -0.1) is 0 Å². The summed E-state index contributed by atoms with van der Waals surface area (Å²) < 4.78 is 35.4. The van der Waals surface area contributed by atoms with Gasteiger partial charge in [0.05, 0.1) is 17.4 Å². The molecule has 2 heterocycles. The molecule has 4 atom stereocenters. The van der Waals surface area contributed by atoms with Crippen LogP contribution in [0.1, 0.15) is 56.6 Å². The summed E-state index contributed by atoms with van der Waals surface area (Å²) in [7, 11) is 0. The van der Waals surface area contributed by atoms with E-state index in [-0.39, 0.29) is 36.8 Å². The molecule has 32 heavy (non-hydrogen) atoms. The van der Waals surface area contributed by atoms with E-state index in [2.05, 4.69) is 5.32 Å². The van der Waals surface area contributed by atoms with Crippen molar-refractivity contribution in [3.8, 4) is 5.75 Å². The van der Waals surface area contributed by atoms with E-state index < -0.39 is 29.8 Å². The predicted octanol–water partition coefficient (Wildman–Crippen LogP) is 4.00. The maximum absolute atomic E-state index is 14.8. The van der Waals surface area contributed by atoms with Crippen LogP contribution in [0, 0.1) is 31.1 Å². The van der Waals surface area contributed by atoms with Crippen molar-refractivity contribution in [2.75, 3.05) is 6.61 Å². The first-order valence-electron chi connectivity index (χ1n) is 11.8. The minimum atomic E-state index is -2.92. The lowest BCUT2D eigenvalue weighted by Gasteiger charge is -2.64. The van der Waals surface area contributed by atoms with Crippen LogP contribution in [0.25, 0.3) is 0 Å². The van der Waals surface area contributed by atoms with Crippen LogP contribution in [-0.2, 0) is 9.59 Å². The highest BCUT2D eigenvalue weighted by Gasteiger charge is 2.67. The van der Waals surface area contributed by atoms with E-state index in [1.807, 2.05) is 32.0 Å². The fourth-order valence-corrected chi connectivity index (χ4v) is 6.42. The van der Waals surface area contributed by atoms with Gasteiger partial charge in [-0.1, -0.05) is 6.07 Å². The van der Waals surface area contributed by atoms with Gasteiger partial charge >= 0.3 is 0 Å². The first-order chi connectivity index (χ1) is 15.1. The largest absolute Gasteiger partial charge is 0.491 e. The normalized spacial score (nSPS) is 34.8. The average Bonchev–Trinajstić information content (AvgIpc) is 2.62. The van der Waals surface area contributed by atoms with Crippen molar-refractivity contribution in [1.29, 1.82) is 0 Å². The Morgan fingerprint density at radius 1 is 1.12 bits per heavy atom. The van der Waals surface area contributed by atoms with Gasteiger partial charge in [0.25, 0.3) is 5.92 Å². The fraction of sp³-hybridized carbons (Fsp3) is 0.680. The first-order valence-corrected chi connectivity index (χ1v) is 11.8. The van der Waals surface area contributed by atoms with Crippen LogP contribution in [0.2, 0.25) is 0 Å². The van der Waals surface area contributed by atoms with Crippen molar-refractivity contribution in [2.24, 2.45) is 17.3 Å². The zero-order chi connectivity index (χ0) is 22.8. The Labute approximate surface area is 187 Å². The molecule has 174 valence electrons. The number of carbonyl (C=O) groups excluding carboxylic acids is 2. The smallest absolute Gasteiger partial charge is 0.255 e. The van der Waals surface area contributed by atoms with Gasteiger partial charge in [-0.2, -0.15) is 0 Å². The maximum atomic E-state index is 14.8. The number of hydrogen-bond acceptors (Lipinski definition) is 3. The molecule has 6 fully saturated rings. The monoisotopic (exact) mass is 446 g/mol. The summed E-state index contributed by atoms with van der Waals surface area (Å²) in [4.78, 5) is 28.2. The van der Waals surface area contributed by atoms with Gasteiger partial charge in [-0.3, -0.25) is 9.59 Å². The van der Waals surface area contributed by atoms with E-state index >= 15 is 0 Å². The number of ether oxygens (including phenoxy) is 1. The Balaban J connectivity index is 1.29. The van der Waals surface area contributed by atoms with E-state index in [0.29, 0.717) is 18.1 Å². The van der Waals surface area contributed by atoms with E-state index in [1.54, 1.807) is 11.8 Å². The third kappa shape index (κ3) is 3.48. The zero-order valence-electron chi connectivity index (χ0n) is 19.0. The number of alkyl halides is 2. The summed E-state index contributed by atoms with van der Waals surface area (Å²) in [5.74, 6) is -3.25. The summed E-state index contributed by atoms with van der Waals surface area (Å²) in [6, 6.07) is 3.88. The molecule has 7 rings (SSSR count). The number of fused-ring (bicyclic) bond motifs is 3. The number of hydrogen-bond donors (Lipinski definition) is 1. The molecule has 2 saturated heterocycles. The molecule has 2 amide bonds. The molecule has 4 bridgehead atoms. The topological polar surface area (TPSA) is 58.6 Å². The van der Waals surface area contributed by atoms with Crippen molar-refractivity contribution in [2.45, 2.75) is 83.3 Å². The van der Waals surface area contributed by atoms with Crippen LogP contribution in [0.4, 0.5) is 8.78 Å². The number of carbonyl (C=O) groups is 2. The summed E-state index contributed by atoms with van der Waals surface area (Å²) in [6.07, 6.45) is 3.07. The first kappa shape index (κ1) is 21.7. The van der Waals surface area contributed by atoms with Crippen LogP contribution in [0.3, 0.4) is 0 Å². The Morgan fingerprint density at radius 2 is 1.78 bits per heavy atom. The molecule has 1 aromatic rings. The second-order valence-electron chi connectivity index (χ2n) is 10.8. The van der Waals surface area contributed by atoms with Crippen LogP contribution in [-0.4, -0.2) is 47.4 Å². The molecule has 6 aliphatic rings. The molecule has 4 saturated carbocycles. The maximum Gasteiger partial charge on any atom is 0.255 e.